The highest BCUT2D eigenvalue weighted by Gasteiger charge is 2.56. The van der Waals surface area contributed by atoms with Crippen molar-refractivity contribution >= 4 is 23.3 Å². The molecule has 124 valence electrons. The number of nitrogens with one attached hydrogen (secondary N) is 1. The summed E-state index contributed by atoms with van der Waals surface area (Å²) >= 11 is 0. The van der Waals surface area contributed by atoms with E-state index >= 15 is 0 Å². The first kappa shape index (κ1) is 14.9. The van der Waals surface area contributed by atoms with Gasteiger partial charge < -0.3 is 10.2 Å². The third kappa shape index (κ3) is 1.68. The molecule has 1 spiro atoms. The van der Waals surface area contributed by atoms with Crippen LogP contribution in [0.2, 0.25) is 0 Å². The van der Waals surface area contributed by atoms with Crippen molar-refractivity contribution < 1.29 is 9.59 Å². The first-order valence-corrected chi connectivity index (χ1v) is 8.03. The van der Waals surface area contributed by atoms with Gasteiger partial charge in [-0.05, 0) is 32.4 Å². The maximum Gasteiger partial charge on any atom is 0.242 e. The summed E-state index contributed by atoms with van der Waals surface area (Å²) in [5.74, 6) is 0.386. The standard InChI is InChI=1S/C18H20N4O2/c1-17(2,3)22-15-12(10-19-22)18(9-14(23)20-15)11-7-5-6-8-13(11)21(4)16(18)24/h5-8,10H,9H2,1-4H3,(H,20,23)/t18-/m0/s1. The number of rotatable bonds is 0. The van der Waals surface area contributed by atoms with Gasteiger partial charge in [-0.25, -0.2) is 4.68 Å². The van der Waals surface area contributed by atoms with Gasteiger partial charge in [-0.2, -0.15) is 5.10 Å². The van der Waals surface area contributed by atoms with Crippen molar-refractivity contribution in [2.75, 3.05) is 17.3 Å². The van der Waals surface area contributed by atoms with E-state index in [2.05, 4.69) is 10.4 Å². The molecule has 0 unspecified atom stereocenters. The lowest BCUT2D eigenvalue weighted by Crippen LogP contribution is -2.46. The molecule has 3 heterocycles. The number of carbonyl (C=O) groups excluding carboxylic acids is 2. The van der Waals surface area contributed by atoms with E-state index in [0.29, 0.717) is 5.82 Å². The summed E-state index contributed by atoms with van der Waals surface area (Å²) < 4.78 is 1.79. The summed E-state index contributed by atoms with van der Waals surface area (Å²) in [6.07, 6.45) is 1.84. The molecule has 0 saturated carbocycles. The second-order valence-corrected chi connectivity index (χ2v) is 7.50. The fourth-order valence-electron chi connectivity index (χ4n) is 3.87. The molecule has 2 aliphatic heterocycles. The molecule has 24 heavy (non-hydrogen) atoms. The Morgan fingerprint density at radius 1 is 1.17 bits per heavy atom. The average molecular weight is 324 g/mol. The summed E-state index contributed by atoms with van der Waals surface area (Å²) in [7, 11) is 1.76. The third-order valence-electron chi connectivity index (χ3n) is 4.94. The lowest BCUT2D eigenvalue weighted by Gasteiger charge is -2.33. The van der Waals surface area contributed by atoms with E-state index in [0.717, 1.165) is 16.8 Å². The normalized spacial score (nSPS) is 22.6. The summed E-state index contributed by atoms with van der Waals surface area (Å²) in [6.45, 7) is 6.05. The Labute approximate surface area is 140 Å². The molecular formula is C18H20N4O2. The van der Waals surface area contributed by atoms with Crippen molar-refractivity contribution in [3.05, 3.63) is 41.6 Å². The van der Waals surface area contributed by atoms with Gasteiger partial charge >= 0.3 is 0 Å². The fraction of sp³-hybridized carbons (Fsp3) is 0.389. The number of carbonyl (C=O) groups is 2. The SMILES string of the molecule is CN1C(=O)[C@@]2(CC(=O)Nc3c2cnn3C(C)(C)C)c2ccccc21. The second kappa shape index (κ2) is 4.47. The van der Waals surface area contributed by atoms with Crippen LogP contribution in [0.15, 0.2) is 30.5 Å². The molecule has 6 nitrogen and oxygen atoms in total. The highest BCUT2D eigenvalue weighted by atomic mass is 16.2. The molecule has 2 amide bonds. The van der Waals surface area contributed by atoms with Crippen LogP contribution >= 0.6 is 0 Å². The summed E-state index contributed by atoms with van der Waals surface area (Å²) in [5.41, 5.74) is 1.23. The van der Waals surface area contributed by atoms with Crippen molar-refractivity contribution in [2.45, 2.75) is 38.1 Å². The third-order valence-corrected chi connectivity index (χ3v) is 4.94. The zero-order valence-corrected chi connectivity index (χ0v) is 14.3. The van der Waals surface area contributed by atoms with Gasteiger partial charge in [-0.1, -0.05) is 18.2 Å². The Balaban J connectivity index is 2.04. The fourth-order valence-corrected chi connectivity index (χ4v) is 3.87. The van der Waals surface area contributed by atoms with Crippen LogP contribution in [0.5, 0.6) is 0 Å². The van der Waals surface area contributed by atoms with E-state index in [-0.39, 0.29) is 23.8 Å². The monoisotopic (exact) mass is 324 g/mol. The number of anilines is 2. The number of hydrogen-bond acceptors (Lipinski definition) is 3. The summed E-state index contributed by atoms with van der Waals surface area (Å²) in [6, 6.07) is 7.67. The van der Waals surface area contributed by atoms with E-state index in [1.54, 1.807) is 22.8 Å². The van der Waals surface area contributed by atoms with Crippen LogP contribution in [-0.2, 0) is 20.5 Å². The van der Waals surface area contributed by atoms with Gasteiger partial charge in [0.1, 0.15) is 11.2 Å². The second-order valence-electron chi connectivity index (χ2n) is 7.50. The van der Waals surface area contributed by atoms with Gasteiger partial charge in [-0.15, -0.1) is 0 Å². The number of hydrogen-bond donors (Lipinski definition) is 1. The average Bonchev–Trinajstić information content (AvgIpc) is 3.03. The molecule has 0 bridgehead atoms. The maximum absolute atomic E-state index is 13.2. The van der Waals surface area contributed by atoms with Crippen molar-refractivity contribution in [1.29, 1.82) is 0 Å². The van der Waals surface area contributed by atoms with Crippen LogP contribution in [0.4, 0.5) is 11.5 Å². The quantitative estimate of drug-likeness (QED) is 0.808. The summed E-state index contributed by atoms with van der Waals surface area (Å²) in [5, 5.41) is 7.41. The van der Waals surface area contributed by atoms with Crippen LogP contribution in [0.1, 0.15) is 38.3 Å². The van der Waals surface area contributed by atoms with Gasteiger partial charge in [0.25, 0.3) is 0 Å². The van der Waals surface area contributed by atoms with E-state index < -0.39 is 5.41 Å². The van der Waals surface area contributed by atoms with E-state index in [9.17, 15) is 9.59 Å². The van der Waals surface area contributed by atoms with Gasteiger partial charge in [-0.3, -0.25) is 9.59 Å². The molecule has 1 N–H and O–H groups in total. The molecule has 0 saturated heterocycles. The molecule has 0 aliphatic carbocycles. The molecule has 1 aromatic heterocycles. The highest BCUT2D eigenvalue weighted by molar-refractivity contribution is 6.15. The van der Waals surface area contributed by atoms with Gasteiger partial charge in [0.15, 0.2) is 0 Å². The minimum atomic E-state index is -0.980. The van der Waals surface area contributed by atoms with Gasteiger partial charge in [0.2, 0.25) is 11.8 Å². The minimum absolute atomic E-state index is 0.0757. The molecular weight excluding hydrogens is 304 g/mol. The molecule has 0 fully saturated rings. The lowest BCUT2D eigenvalue weighted by molar-refractivity contribution is -0.126. The Bertz CT molecular complexity index is 877. The number of aromatic nitrogens is 2. The van der Waals surface area contributed by atoms with Crippen molar-refractivity contribution in [1.82, 2.24) is 9.78 Å². The first-order chi connectivity index (χ1) is 11.3. The predicted molar refractivity (Wildman–Crippen MR) is 91.1 cm³/mol. The number of amides is 2. The molecule has 1 atom stereocenters. The lowest BCUT2D eigenvalue weighted by atomic mass is 9.72. The van der Waals surface area contributed by atoms with Crippen molar-refractivity contribution in [3.63, 3.8) is 0 Å². The number of fused-ring (bicyclic) bond motifs is 4. The Morgan fingerprint density at radius 2 is 1.88 bits per heavy atom. The summed E-state index contributed by atoms with van der Waals surface area (Å²) in [4.78, 5) is 27.4. The number of likely N-dealkylation sites (N-methyl/N-ethyl adjacent to an activating group) is 1. The van der Waals surface area contributed by atoms with Crippen LogP contribution in [0.25, 0.3) is 0 Å². The van der Waals surface area contributed by atoms with Crippen molar-refractivity contribution in [2.24, 2.45) is 0 Å². The largest absolute Gasteiger partial charge is 0.314 e. The highest BCUT2D eigenvalue weighted by Crippen LogP contribution is 2.52. The Kier molecular flexibility index (Phi) is 2.78. The first-order valence-electron chi connectivity index (χ1n) is 8.03. The zero-order valence-electron chi connectivity index (χ0n) is 14.3. The topological polar surface area (TPSA) is 67.2 Å². The molecule has 6 heteroatoms. The molecule has 2 aromatic rings. The number of para-hydroxylation sites is 1. The smallest absolute Gasteiger partial charge is 0.242 e. The molecule has 1 aromatic carbocycles. The van der Waals surface area contributed by atoms with Crippen LogP contribution in [0.3, 0.4) is 0 Å². The van der Waals surface area contributed by atoms with Crippen LogP contribution < -0.4 is 10.2 Å². The van der Waals surface area contributed by atoms with E-state index in [4.69, 9.17) is 0 Å². The van der Waals surface area contributed by atoms with Gasteiger partial charge in [0, 0.05) is 24.7 Å². The van der Waals surface area contributed by atoms with E-state index in [1.807, 2.05) is 45.0 Å². The Hall–Kier alpha value is -2.63. The van der Waals surface area contributed by atoms with Gasteiger partial charge in [0.05, 0.1) is 11.7 Å². The van der Waals surface area contributed by atoms with Crippen molar-refractivity contribution in [3.8, 4) is 0 Å². The Morgan fingerprint density at radius 3 is 2.58 bits per heavy atom. The zero-order chi connectivity index (χ0) is 17.3. The molecule has 2 aliphatic rings. The molecule has 4 rings (SSSR count). The van der Waals surface area contributed by atoms with Crippen LogP contribution in [-0.4, -0.2) is 28.6 Å². The van der Waals surface area contributed by atoms with E-state index in [1.165, 1.54) is 0 Å². The predicted octanol–water partition coefficient (Wildman–Crippen LogP) is 2.24. The maximum atomic E-state index is 13.2. The molecule has 0 radical (unpaired) electrons. The number of nitrogens with zero attached hydrogens (tertiary/aromatic N) is 3. The number of benzene rings is 1. The minimum Gasteiger partial charge on any atom is -0.314 e. The van der Waals surface area contributed by atoms with Crippen LogP contribution in [0, 0.1) is 0 Å².